The molecule has 0 aliphatic heterocycles. The highest BCUT2D eigenvalue weighted by Crippen LogP contribution is 2.42. The Morgan fingerprint density at radius 1 is 0.259 bits per heavy atom. The Labute approximate surface area is 337 Å². The number of rotatable bonds is 7. The fraction of sp³-hybridized carbons (Fsp3) is 0. The fourth-order valence-electron chi connectivity index (χ4n) is 8.65. The first kappa shape index (κ1) is 33.6. The summed E-state index contributed by atoms with van der Waals surface area (Å²) in [5.74, 6) is 0. The molecule has 10 aromatic carbocycles. The smallest absolute Gasteiger partial charge is 0.137 e. The average molecular weight is 740 g/mol. The van der Waals surface area contributed by atoms with Crippen molar-refractivity contribution < 1.29 is 4.42 Å². The predicted molar refractivity (Wildman–Crippen MR) is 245 cm³/mol. The third kappa shape index (κ3) is 5.91. The van der Waals surface area contributed by atoms with Gasteiger partial charge in [0.2, 0.25) is 0 Å². The maximum absolute atomic E-state index is 6.40. The molecule has 58 heavy (non-hydrogen) atoms. The van der Waals surface area contributed by atoms with Crippen LogP contribution in [0, 0.1) is 0 Å². The lowest BCUT2D eigenvalue weighted by Crippen LogP contribution is -2.09. The Balaban J connectivity index is 1.00. The van der Waals surface area contributed by atoms with Crippen LogP contribution in [0.3, 0.4) is 0 Å². The number of nitrogens with zero attached hydrogens (tertiary/aromatic N) is 1. The van der Waals surface area contributed by atoms with E-state index in [2.05, 4.69) is 217 Å². The van der Waals surface area contributed by atoms with Crippen LogP contribution in [-0.4, -0.2) is 0 Å². The average Bonchev–Trinajstić information content (AvgIpc) is 3.67. The van der Waals surface area contributed by atoms with E-state index in [1.807, 2.05) is 12.1 Å². The quantitative estimate of drug-likeness (QED) is 0.162. The van der Waals surface area contributed by atoms with Crippen molar-refractivity contribution in [1.29, 1.82) is 0 Å². The first-order chi connectivity index (χ1) is 28.7. The van der Waals surface area contributed by atoms with Gasteiger partial charge in [-0.1, -0.05) is 170 Å². The topological polar surface area (TPSA) is 16.4 Å². The summed E-state index contributed by atoms with van der Waals surface area (Å²) in [4.78, 5) is 2.32. The Hall–Kier alpha value is -7.68. The third-order valence-corrected chi connectivity index (χ3v) is 11.5. The van der Waals surface area contributed by atoms with Crippen molar-refractivity contribution in [3.05, 3.63) is 224 Å². The normalized spacial score (nSPS) is 11.4. The standard InChI is InChI=1S/C56H37NO/c1-2-12-39(13-3-1)49-21-10-16-41-24-25-43(36-54(41)49)38-26-30-44(31-27-38)57(46-34-35-53-52-20-8-9-23-55(52)58-56(53)37-46)45-32-28-42(29-33-45)48-18-6-7-19-50(48)51-22-11-15-40-14-4-5-17-47(40)51/h1-37H. The number of hydrogen-bond acceptors (Lipinski definition) is 2. The SMILES string of the molecule is c1ccc(-c2cccc3ccc(-c4ccc(N(c5ccc(-c6ccccc6-c6cccc7ccccc67)cc5)c5ccc6c(c5)oc5ccccc56)cc4)cc23)cc1. The molecule has 0 radical (unpaired) electrons. The van der Waals surface area contributed by atoms with Crippen LogP contribution in [0.1, 0.15) is 0 Å². The van der Waals surface area contributed by atoms with Crippen LogP contribution in [0.15, 0.2) is 229 Å². The van der Waals surface area contributed by atoms with Gasteiger partial charge in [-0.15, -0.1) is 0 Å². The van der Waals surface area contributed by atoms with E-state index in [4.69, 9.17) is 4.42 Å². The van der Waals surface area contributed by atoms with E-state index in [1.165, 1.54) is 66.1 Å². The second-order valence-electron chi connectivity index (χ2n) is 14.9. The molecule has 0 aliphatic rings. The summed E-state index contributed by atoms with van der Waals surface area (Å²) in [6.07, 6.45) is 0. The van der Waals surface area contributed by atoms with Crippen molar-refractivity contribution in [3.63, 3.8) is 0 Å². The number of hydrogen-bond donors (Lipinski definition) is 0. The monoisotopic (exact) mass is 739 g/mol. The van der Waals surface area contributed by atoms with Gasteiger partial charge in [-0.25, -0.2) is 0 Å². The summed E-state index contributed by atoms with van der Waals surface area (Å²) in [6, 6.07) is 80.7. The van der Waals surface area contributed by atoms with Gasteiger partial charge in [-0.2, -0.15) is 0 Å². The van der Waals surface area contributed by atoms with Crippen molar-refractivity contribution in [2.75, 3.05) is 4.90 Å². The molecule has 11 rings (SSSR count). The molecule has 0 aliphatic carbocycles. The van der Waals surface area contributed by atoms with Crippen LogP contribution < -0.4 is 4.90 Å². The zero-order chi connectivity index (χ0) is 38.4. The largest absolute Gasteiger partial charge is 0.456 e. The first-order valence-corrected chi connectivity index (χ1v) is 19.8. The van der Waals surface area contributed by atoms with Gasteiger partial charge in [0.1, 0.15) is 11.2 Å². The van der Waals surface area contributed by atoms with Crippen LogP contribution >= 0.6 is 0 Å². The molecule has 272 valence electrons. The van der Waals surface area contributed by atoms with Gasteiger partial charge in [0, 0.05) is 33.9 Å². The second kappa shape index (κ2) is 14.1. The lowest BCUT2D eigenvalue weighted by atomic mass is 9.91. The van der Waals surface area contributed by atoms with Gasteiger partial charge < -0.3 is 9.32 Å². The number of para-hydroxylation sites is 1. The Bertz CT molecular complexity index is 3260. The van der Waals surface area contributed by atoms with E-state index >= 15 is 0 Å². The minimum atomic E-state index is 0.867. The number of furan rings is 1. The van der Waals surface area contributed by atoms with Crippen molar-refractivity contribution >= 4 is 60.5 Å². The summed E-state index contributed by atoms with van der Waals surface area (Å²) in [5, 5.41) is 7.21. The molecule has 1 aromatic heterocycles. The maximum Gasteiger partial charge on any atom is 0.137 e. The van der Waals surface area contributed by atoms with Gasteiger partial charge in [0.15, 0.2) is 0 Å². The van der Waals surface area contributed by atoms with E-state index in [0.29, 0.717) is 0 Å². The van der Waals surface area contributed by atoms with Crippen LogP contribution in [0.4, 0.5) is 17.1 Å². The highest BCUT2D eigenvalue weighted by atomic mass is 16.3. The molecule has 2 nitrogen and oxygen atoms in total. The molecule has 11 aromatic rings. The van der Waals surface area contributed by atoms with E-state index < -0.39 is 0 Å². The summed E-state index contributed by atoms with van der Waals surface area (Å²) < 4.78 is 6.40. The molecule has 1 heterocycles. The molecule has 0 atom stereocenters. The molecule has 0 saturated heterocycles. The number of anilines is 3. The highest BCUT2D eigenvalue weighted by molar-refractivity contribution is 6.06. The Kier molecular flexibility index (Phi) is 8.19. The molecule has 0 fully saturated rings. The summed E-state index contributed by atoms with van der Waals surface area (Å²) in [6.45, 7) is 0. The van der Waals surface area contributed by atoms with Gasteiger partial charge >= 0.3 is 0 Å². The van der Waals surface area contributed by atoms with Gasteiger partial charge in [-0.3, -0.25) is 0 Å². The minimum absolute atomic E-state index is 0.867. The minimum Gasteiger partial charge on any atom is -0.456 e. The fourth-order valence-corrected chi connectivity index (χ4v) is 8.65. The lowest BCUT2D eigenvalue weighted by molar-refractivity contribution is 0.669. The molecule has 0 amide bonds. The van der Waals surface area contributed by atoms with Gasteiger partial charge in [0.25, 0.3) is 0 Å². The van der Waals surface area contributed by atoms with Crippen molar-refractivity contribution in [3.8, 4) is 44.5 Å². The molecule has 0 N–H and O–H groups in total. The molecule has 0 saturated carbocycles. The van der Waals surface area contributed by atoms with E-state index in [9.17, 15) is 0 Å². The molecule has 0 unspecified atom stereocenters. The van der Waals surface area contributed by atoms with Crippen molar-refractivity contribution in [1.82, 2.24) is 0 Å². The zero-order valence-corrected chi connectivity index (χ0v) is 31.7. The van der Waals surface area contributed by atoms with E-state index in [0.717, 1.165) is 39.0 Å². The summed E-state index contributed by atoms with van der Waals surface area (Å²) in [5.41, 5.74) is 14.6. The van der Waals surface area contributed by atoms with Crippen LogP contribution in [0.5, 0.6) is 0 Å². The van der Waals surface area contributed by atoms with Gasteiger partial charge in [-0.05, 0) is 115 Å². The van der Waals surface area contributed by atoms with E-state index in [-0.39, 0.29) is 0 Å². The number of benzene rings is 10. The molecular formula is C56H37NO. The Morgan fingerprint density at radius 3 is 1.59 bits per heavy atom. The predicted octanol–water partition coefficient (Wildman–Crippen LogP) is 16.0. The molecular weight excluding hydrogens is 703 g/mol. The summed E-state index contributed by atoms with van der Waals surface area (Å²) >= 11 is 0. The van der Waals surface area contributed by atoms with Crippen LogP contribution in [0.2, 0.25) is 0 Å². The third-order valence-electron chi connectivity index (χ3n) is 11.5. The molecule has 2 heteroatoms. The zero-order valence-electron chi connectivity index (χ0n) is 31.7. The van der Waals surface area contributed by atoms with Crippen molar-refractivity contribution in [2.24, 2.45) is 0 Å². The van der Waals surface area contributed by atoms with E-state index in [1.54, 1.807) is 0 Å². The van der Waals surface area contributed by atoms with Crippen LogP contribution in [-0.2, 0) is 0 Å². The Morgan fingerprint density at radius 2 is 0.793 bits per heavy atom. The highest BCUT2D eigenvalue weighted by Gasteiger charge is 2.17. The lowest BCUT2D eigenvalue weighted by Gasteiger charge is -2.26. The first-order valence-electron chi connectivity index (χ1n) is 19.8. The van der Waals surface area contributed by atoms with Crippen molar-refractivity contribution in [2.45, 2.75) is 0 Å². The van der Waals surface area contributed by atoms with Gasteiger partial charge in [0.05, 0.1) is 0 Å². The second-order valence-corrected chi connectivity index (χ2v) is 14.9. The number of fused-ring (bicyclic) bond motifs is 5. The molecule has 0 bridgehead atoms. The molecule has 0 spiro atoms. The van der Waals surface area contributed by atoms with Crippen LogP contribution in [0.25, 0.3) is 88.0 Å². The summed E-state index contributed by atoms with van der Waals surface area (Å²) in [7, 11) is 0. The maximum atomic E-state index is 6.40.